The van der Waals surface area contributed by atoms with E-state index < -0.39 is 0 Å². The van der Waals surface area contributed by atoms with Gasteiger partial charge in [-0.3, -0.25) is 0 Å². The first-order chi connectivity index (χ1) is 12.8. The van der Waals surface area contributed by atoms with Gasteiger partial charge in [-0.15, -0.1) is 0 Å². The van der Waals surface area contributed by atoms with Crippen molar-refractivity contribution in [3.8, 4) is 11.1 Å². The van der Waals surface area contributed by atoms with Crippen LogP contribution in [0.2, 0.25) is 0 Å². The van der Waals surface area contributed by atoms with Crippen LogP contribution in [0.1, 0.15) is 34.6 Å². The van der Waals surface area contributed by atoms with Crippen molar-refractivity contribution in [2.75, 3.05) is 0 Å². The topological polar surface area (TPSA) is 0 Å². The van der Waals surface area contributed by atoms with Crippen LogP contribution < -0.4 is 0 Å². The molecule has 1 atom stereocenters. The lowest BCUT2D eigenvalue weighted by molar-refractivity contribution is 0.726. The normalized spacial score (nSPS) is 16.0. The van der Waals surface area contributed by atoms with Crippen LogP contribution in [0.4, 0.5) is 0 Å². The summed E-state index contributed by atoms with van der Waals surface area (Å²) in [4.78, 5) is 0. The summed E-state index contributed by atoms with van der Waals surface area (Å²) in [5, 5.41) is 2.65. The molecule has 1 aliphatic carbocycles. The predicted octanol–water partition coefficient (Wildman–Crippen LogP) is 6.89. The van der Waals surface area contributed by atoms with Crippen molar-refractivity contribution >= 4 is 10.8 Å². The summed E-state index contributed by atoms with van der Waals surface area (Å²) < 4.78 is 0. The lowest BCUT2D eigenvalue weighted by Gasteiger charge is -2.19. The Labute approximate surface area is 155 Å². The van der Waals surface area contributed by atoms with Gasteiger partial charge in [-0.1, -0.05) is 90.5 Å². The van der Waals surface area contributed by atoms with Gasteiger partial charge in [0.15, 0.2) is 0 Å². The Balaban J connectivity index is 1.69. The Morgan fingerprint density at radius 2 is 1.50 bits per heavy atom. The van der Waals surface area contributed by atoms with E-state index in [4.69, 9.17) is 0 Å². The Bertz CT molecular complexity index is 1100. The molecule has 0 heterocycles. The highest BCUT2D eigenvalue weighted by Crippen LogP contribution is 2.42. The largest absolute Gasteiger partial charge is 0.0619 e. The molecule has 0 saturated carbocycles. The number of aryl methyl sites for hydroxylation is 2. The molecule has 0 bridgehead atoms. The fraction of sp³-hybridized carbons (Fsp3) is 0.154. The maximum atomic E-state index is 2.39. The molecule has 126 valence electrons. The number of hydrogen-bond donors (Lipinski definition) is 0. The second-order valence-electron chi connectivity index (χ2n) is 7.45. The summed E-state index contributed by atoms with van der Waals surface area (Å²) in [7, 11) is 0. The number of benzene rings is 4. The molecule has 0 aliphatic heterocycles. The Morgan fingerprint density at radius 1 is 0.692 bits per heavy atom. The maximum absolute atomic E-state index is 2.39. The van der Waals surface area contributed by atoms with Gasteiger partial charge < -0.3 is 0 Å². The molecule has 0 spiro atoms. The predicted molar refractivity (Wildman–Crippen MR) is 111 cm³/mol. The summed E-state index contributed by atoms with van der Waals surface area (Å²) in [6.45, 7) is 2.19. The van der Waals surface area contributed by atoms with Crippen molar-refractivity contribution in [2.45, 2.75) is 25.7 Å². The minimum absolute atomic E-state index is 0.448. The first kappa shape index (κ1) is 15.4. The van der Waals surface area contributed by atoms with Crippen LogP contribution in [0.25, 0.3) is 21.9 Å². The Kier molecular flexibility index (Phi) is 3.64. The van der Waals surface area contributed by atoms with Crippen molar-refractivity contribution in [2.24, 2.45) is 0 Å². The Morgan fingerprint density at radius 3 is 2.42 bits per heavy atom. The second kappa shape index (κ2) is 6.14. The zero-order valence-electron chi connectivity index (χ0n) is 15.1. The average molecular weight is 334 g/mol. The molecule has 0 amide bonds. The van der Waals surface area contributed by atoms with E-state index in [2.05, 4.69) is 91.9 Å². The van der Waals surface area contributed by atoms with Gasteiger partial charge in [0, 0.05) is 5.92 Å². The molecule has 0 aromatic heterocycles. The smallest absolute Gasteiger partial charge is 0.00988 e. The lowest BCUT2D eigenvalue weighted by atomic mass is 9.85. The number of rotatable bonds is 1. The molecular formula is C26H22. The molecule has 0 N–H and O–H groups in total. The van der Waals surface area contributed by atoms with E-state index in [1.165, 1.54) is 44.2 Å². The monoisotopic (exact) mass is 334 g/mol. The van der Waals surface area contributed by atoms with Gasteiger partial charge in [0.2, 0.25) is 0 Å². The summed E-state index contributed by atoms with van der Waals surface area (Å²) >= 11 is 0. The van der Waals surface area contributed by atoms with E-state index in [0.29, 0.717) is 5.92 Å². The third-order valence-corrected chi connectivity index (χ3v) is 5.77. The van der Waals surface area contributed by atoms with E-state index in [0.717, 1.165) is 12.8 Å². The number of hydrogen-bond acceptors (Lipinski definition) is 0. The quantitative estimate of drug-likeness (QED) is 0.355. The van der Waals surface area contributed by atoms with Crippen LogP contribution in [-0.2, 0) is 6.42 Å². The van der Waals surface area contributed by atoms with E-state index in [1.54, 1.807) is 0 Å². The second-order valence-corrected chi connectivity index (χ2v) is 7.45. The van der Waals surface area contributed by atoms with Gasteiger partial charge in [-0.05, 0) is 58.4 Å². The van der Waals surface area contributed by atoms with Gasteiger partial charge in [0.1, 0.15) is 0 Å². The van der Waals surface area contributed by atoms with Gasteiger partial charge in [-0.2, -0.15) is 0 Å². The standard InChI is InChI=1S/C26H22/c1-18-10-11-20-14-15-23(24-8-4-5-9-25(24)26(20)16-18)22-13-12-19-6-2-3-7-21(19)17-22/h2-13,16-17,23H,14-15H2,1H3/t23-/m0/s1. The van der Waals surface area contributed by atoms with Crippen molar-refractivity contribution in [3.63, 3.8) is 0 Å². The third-order valence-electron chi connectivity index (χ3n) is 5.77. The summed E-state index contributed by atoms with van der Waals surface area (Å²) in [6, 6.07) is 31.6. The van der Waals surface area contributed by atoms with Crippen molar-refractivity contribution < 1.29 is 0 Å². The van der Waals surface area contributed by atoms with Crippen LogP contribution in [0.15, 0.2) is 84.9 Å². The van der Waals surface area contributed by atoms with Crippen molar-refractivity contribution in [1.82, 2.24) is 0 Å². The first-order valence-corrected chi connectivity index (χ1v) is 9.47. The van der Waals surface area contributed by atoms with Gasteiger partial charge in [0.05, 0.1) is 0 Å². The summed E-state index contributed by atoms with van der Waals surface area (Å²) in [5.41, 5.74) is 8.53. The van der Waals surface area contributed by atoms with Crippen molar-refractivity contribution in [3.05, 3.63) is 107 Å². The van der Waals surface area contributed by atoms with Gasteiger partial charge in [0.25, 0.3) is 0 Å². The fourth-order valence-electron chi connectivity index (χ4n) is 4.43. The van der Waals surface area contributed by atoms with Crippen LogP contribution in [0.3, 0.4) is 0 Å². The van der Waals surface area contributed by atoms with E-state index >= 15 is 0 Å². The van der Waals surface area contributed by atoms with Crippen LogP contribution in [0, 0.1) is 6.92 Å². The summed E-state index contributed by atoms with van der Waals surface area (Å²) in [6.07, 6.45) is 2.28. The highest BCUT2D eigenvalue weighted by Gasteiger charge is 2.23. The van der Waals surface area contributed by atoms with Gasteiger partial charge in [-0.25, -0.2) is 0 Å². The zero-order chi connectivity index (χ0) is 17.5. The van der Waals surface area contributed by atoms with E-state index in [1.807, 2.05) is 0 Å². The molecule has 0 nitrogen and oxygen atoms in total. The first-order valence-electron chi connectivity index (χ1n) is 9.47. The van der Waals surface area contributed by atoms with Crippen LogP contribution >= 0.6 is 0 Å². The molecule has 0 saturated heterocycles. The number of fused-ring (bicyclic) bond motifs is 4. The molecule has 5 rings (SSSR count). The highest BCUT2D eigenvalue weighted by atomic mass is 14.3. The highest BCUT2D eigenvalue weighted by molar-refractivity contribution is 5.83. The lowest BCUT2D eigenvalue weighted by Crippen LogP contribution is -2.02. The molecule has 0 radical (unpaired) electrons. The molecule has 0 unspecified atom stereocenters. The van der Waals surface area contributed by atoms with Gasteiger partial charge >= 0.3 is 0 Å². The van der Waals surface area contributed by atoms with Crippen molar-refractivity contribution in [1.29, 1.82) is 0 Å². The molecule has 1 aliphatic rings. The van der Waals surface area contributed by atoms with Crippen LogP contribution in [-0.4, -0.2) is 0 Å². The fourth-order valence-corrected chi connectivity index (χ4v) is 4.43. The van der Waals surface area contributed by atoms with Crippen LogP contribution in [0.5, 0.6) is 0 Å². The maximum Gasteiger partial charge on any atom is 0.00988 e. The molecule has 4 aromatic rings. The third kappa shape index (κ3) is 2.54. The molecular weight excluding hydrogens is 312 g/mol. The average Bonchev–Trinajstić information content (AvgIpc) is 2.85. The molecule has 0 heteroatoms. The minimum Gasteiger partial charge on any atom is -0.0619 e. The zero-order valence-corrected chi connectivity index (χ0v) is 15.1. The SMILES string of the molecule is Cc1ccc2c(c1)-c1ccccc1[C@H](c1ccc3ccccc3c1)CC2. The molecule has 0 fully saturated rings. The molecule has 4 aromatic carbocycles. The van der Waals surface area contributed by atoms with E-state index in [9.17, 15) is 0 Å². The minimum atomic E-state index is 0.448. The Hall–Kier alpha value is -2.86. The van der Waals surface area contributed by atoms with E-state index in [-0.39, 0.29) is 0 Å². The molecule has 26 heavy (non-hydrogen) atoms. The summed E-state index contributed by atoms with van der Waals surface area (Å²) in [5.74, 6) is 0.448.